The number of aromatic nitrogens is 1. The van der Waals surface area contributed by atoms with Crippen LogP contribution in [0.4, 0.5) is 0 Å². The molecule has 0 aliphatic carbocycles. The largest absolute Gasteiger partial charge is 0.360 e. The van der Waals surface area contributed by atoms with E-state index < -0.39 is 10.0 Å². The molecule has 0 radical (unpaired) electrons. The predicted octanol–water partition coefficient (Wildman–Crippen LogP) is 1.15. The first-order chi connectivity index (χ1) is 6.91. The van der Waals surface area contributed by atoms with Crippen molar-refractivity contribution in [3.63, 3.8) is 0 Å². The second-order valence-corrected chi connectivity index (χ2v) is 5.53. The molecule has 0 bridgehead atoms. The van der Waals surface area contributed by atoms with E-state index in [-0.39, 0.29) is 17.3 Å². The number of aryl methyl sites for hydroxylation is 2. The van der Waals surface area contributed by atoms with Gasteiger partial charge in [0.2, 0.25) is 10.0 Å². The molecule has 0 amide bonds. The maximum Gasteiger partial charge on any atom is 0.248 e. The van der Waals surface area contributed by atoms with E-state index in [1.165, 1.54) is 11.4 Å². The molecule has 86 valence electrons. The molecule has 0 unspecified atom stereocenters. The Kier molecular flexibility index (Phi) is 3.75. The molecule has 0 aliphatic heterocycles. The lowest BCUT2D eigenvalue weighted by atomic mass is 10.4. The topological polar surface area (TPSA) is 63.4 Å². The Morgan fingerprint density at radius 2 is 2.07 bits per heavy atom. The number of rotatable bonds is 4. The average molecular weight is 253 g/mol. The van der Waals surface area contributed by atoms with Crippen LogP contribution in [0.5, 0.6) is 0 Å². The molecule has 15 heavy (non-hydrogen) atoms. The molecule has 1 aromatic heterocycles. The van der Waals surface area contributed by atoms with E-state index in [4.69, 9.17) is 16.1 Å². The monoisotopic (exact) mass is 252 g/mol. The third-order valence-corrected chi connectivity index (χ3v) is 4.31. The lowest BCUT2D eigenvalue weighted by molar-refractivity contribution is 0.390. The summed E-state index contributed by atoms with van der Waals surface area (Å²) < 4.78 is 30.0. The van der Waals surface area contributed by atoms with Crippen LogP contribution in [0.15, 0.2) is 9.42 Å². The van der Waals surface area contributed by atoms with Crippen LogP contribution in [-0.2, 0) is 10.0 Å². The summed E-state index contributed by atoms with van der Waals surface area (Å²) in [7, 11) is -2.05. The van der Waals surface area contributed by atoms with Crippen LogP contribution in [0.2, 0.25) is 0 Å². The van der Waals surface area contributed by atoms with Crippen LogP contribution in [-0.4, -0.2) is 37.4 Å². The van der Waals surface area contributed by atoms with Crippen molar-refractivity contribution in [2.24, 2.45) is 0 Å². The molecule has 0 aliphatic rings. The number of nitrogens with zero attached hydrogens (tertiary/aromatic N) is 2. The zero-order chi connectivity index (χ0) is 11.6. The molecule has 0 aromatic carbocycles. The Balaban J connectivity index is 3.17. The van der Waals surface area contributed by atoms with E-state index >= 15 is 0 Å². The molecule has 0 fully saturated rings. The quantitative estimate of drug-likeness (QED) is 0.754. The van der Waals surface area contributed by atoms with Gasteiger partial charge in [0.25, 0.3) is 0 Å². The molecule has 0 saturated carbocycles. The summed E-state index contributed by atoms with van der Waals surface area (Å²) in [4.78, 5) is 0.134. The Labute approximate surface area is 94.0 Å². The molecule has 0 saturated heterocycles. The molecule has 5 nitrogen and oxygen atoms in total. The van der Waals surface area contributed by atoms with Crippen molar-refractivity contribution < 1.29 is 12.9 Å². The number of sulfonamides is 1. The van der Waals surface area contributed by atoms with Crippen LogP contribution in [0.1, 0.15) is 11.5 Å². The predicted molar refractivity (Wildman–Crippen MR) is 56.5 cm³/mol. The average Bonchev–Trinajstić information content (AvgIpc) is 2.46. The highest BCUT2D eigenvalue weighted by molar-refractivity contribution is 7.89. The second kappa shape index (κ2) is 4.51. The molecule has 0 spiro atoms. The minimum absolute atomic E-state index is 0.134. The Morgan fingerprint density at radius 3 is 2.47 bits per heavy atom. The van der Waals surface area contributed by atoms with E-state index in [2.05, 4.69) is 5.16 Å². The number of alkyl halides is 1. The summed E-state index contributed by atoms with van der Waals surface area (Å²) in [6, 6.07) is 0. The fourth-order valence-electron chi connectivity index (χ4n) is 1.24. The van der Waals surface area contributed by atoms with Crippen molar-refractivity contribution in [1.29, 1.82) is 0 Å². The van der Waals surface area contributed by atoms with Gasteiger partial charge in [-0.15, -0.1) is 11.6 Å². The minimum Gasteiger partial charge on any atom is -0.360 e. The van der Waals surface area contributed by atoms with Gasteiger partial charge in [0.15, 0.2) is 5.76 Å². The maximum absolute atomic E-state index is 12.0. The summed E-state index contributed by atoms with van der Waals surface area (Å²) in [6.45, 7) is 3.42. The van der Waals surface area contributed by atoms with Gasteiger partial charge in [-0.3, -0.25) is 0 Å². The van der Waals surface area contributed by atoms with E-state index in [0.29, 0.717) is 11.5 Å². The van der Waals surface area contributed by atoms with Gasteiger partial charge in [-0.2, -0.15) is 4.31 Å². The Hall–Kier alpha value is -0.590. The zero-order valence-electron chi connectivity index (χ0n) is 8.82. The summed E-state index contributed by atoms with van der Waals surface area (Å²) in [6.07, 6.45) is 0. The number of halogens is 1. The molecule has 1 heterocycles. The fraction of sp³-hybridized carbons (Fsp3) is 0.625. The minimum atomic E-state index is -3.53. The summed E-state index contributed by atoms with van der Waals surface area (Å²) >= 11 is 5.50. The second-order valence-electron chi connectivity index (χ2n) is 3.17. The van der Waals surface area contributed by atoms with Crippen LogP contribution in [0.3, 0.4) is 0 Å². The fourth-order valence-corrected chi connectivity index (χ4v) is 3.05. The van der Waals surface area contributed by atoms with Crippen molar-refractivity contribution in [3.05, 3.63) is 11.5 Å². The van der Waals surface area contributed by atoms with E-state index in [1.54, 1.807) is 13.8 Å². The van der Waals surface area contributed by atoms with Crippen LogP contribution in [0, 0.1) is 13.8 Å². The van der Waals surface area contributed by atoms with Gasteiger partial charge in [0.1, 0.15) is 10.6 Å². The molecule has 0 N–H and O–H groups in total. The molecule has 1 aromatic rings. The summed E-state index contributed by atoms with van der Waals surface area (Å²) in [5, 5.41) is 3.61. The van der Waals surface area contributed by atoms with Crippen LogP contribution in [0.25, 0.3) is 0 Å². The SMILES string of the molecule is Cc1noc(C)c1S(=O)(=O)N(C)CCCl. The van der Waals surface area contributed by atoms with Gasteiger partial charge < -0.3 is 4.52 Å². The van der Waals surface area contributed by atoms with Gasteiger partial charge in [-0.1, -0.05) is 5.16 Å². The molecule has 0 atom stereocenters. The van der Waals surface area contributed by atoms with E-state index in [0.717, 1.165) is 0 Å². The zero-order valence-corrected chi connectivity index (χ0v) is 10.4. The van der Waals surface area contributed by atoms with Gasteiger partial charge >= 0.3 is 0 Å². The molecular formula is C8H13ClN2O3S. The van der Waals surface area contributed by atoms with E-state index in [9.17, 15) is 8.42 Å². The van der Waals surface area contributed by atoms with Crippen molar-refractivity contribution in [2.75, 3.05) is 19.5 Å². The first-order valence-corrected chi connectivity index (χ1v) is 6.34. The lowest BCUT2D eigenvalue weighted by Gasteiger charge is -2.14. The number of hydrogen-bond acceptors (Lipinski definition) is 4. The lowest BCUT2D eigenvalue weighted by Crippen LogP contribution is -2.29. The van der Waals surface area contributed by atoms with Crippen LogP contribution < -0.4 is 0 Å². The van der Waals surface area contributed by atoms with Crippen molar-refractivity contribution in [1.82, 2.24) is 9.46 Å². The number of hydrogen-bond donors (Lipinski definition) is 0. The van der Waals surface area contributed by atoms with Crippen LogP contribution >= 0.6 is 11.6 Å². The third kappa shape index (κ3) is 2.32. The summed E-state index contributed by atoms with van der Waals surface area (Å²) in [5.41, 5.74) is 0.369. The molecular weight excluding hydrogens is 240 g/mol. The first-order valence-electron chi connectivity index (χ1n) is 4.36. The van der Waals surface area contributed by atoms with Gasteiger partial charge in [0, 0.05) is 19.5 Å². The molecule has 7 heteroatoms. The highest BCUT2D eigenvalue weighted by atomic mass is 35.5. The van der Waals surface area contributed by atoms with Gasteiger partial charge in [-0.05, 0) is 13.8 Å². The Bertz CT molecular complexity index is 421. The molecule has 1 rings (SSSR count). The van der Waals surface area contributed by atoms with Crippen molar-refractivity contribution in [3.8, 4) is 0 Å². The highest BCUT2D eigenvalue weighted by Gasteiger charge is 2.27. The Morgan fingerprint density at radius 1 is 1.47 bits per heavy atom. The van der Waals surface area contributed by atoms with Gasteiger partial charge in [-0.25, -0.2) is 8.42 Å². The van der Waals surface area contributed by atoms with Crippen molar-refractivity contribution in [2.45, 2.75) is 18.7 Å². The highest BCUT2D eigenvalue weighted by Crippen LogP contribution is 2.21. The van der Waals surface area contributed by atoms with E-state index in [1.807, 2.05) is 0 Å². The maximum atomic E-state index is 12.0. The third-order valence-electron chi connectivity index (χ3n) is 2.04. The standard InChI is InChI=1S/C8H13ClN2O3S/c1-6-8(7(2)14-10-6)15(12,13)11(3)5-4-9/h4-5H2,1-3H3. The van der Waals surface area contributed by atoms with Gasteiger partial charge in [0.05, 0.1) is 0 Å². The first kappa shape index (κ1) is 12.5. The normalized spacial score (nSPS) is 12.3. The van der Waals surface area contributed by atoms with Crippen molar-refractivity contribution >= 4 is 21.6 Å². The summed E-state index contributed by atoms with van der Waals surface area (Å²) in [5.74, 6) is 0.549. The smallest absolute Gasteiger partial charge is 0.248 e.